The minimum atomic E-state index is -0.777. The summed E-state index contributed by atoms with van der Waals surface area (Å²) < 4.78 is 18.4. The first-order valence-corrected chi connectivity index (χ1v) is 8.68. The monoisotopic (exact) mass is 427 g/mol. The van der Waals surface area contributed by atoms with E-state index in [1.54, 1.807) is 6.07 Å². The number of hydrogen-bond donors (Lipinski definition) is 1. The molecule has 3 rings (SSSR count). The molecule has 0 aromatic heterocycles. The quantitative estimate of drug-likeness (QED) is 0.803. The lowest BCUT2D eigenvalue weighted by Crippen LogP contribution is -2.61. The predicted octanol–water partition coefficient (Wildman–Crippen LogP) is 2.47. The van der Waals surface area contributed by atoms with Crippen LogP contribution in [0.4, 0.5) is 4.39 Å². The van der Waals surface area contributed by atoms with Crippen molar-refractivity contribution in [1.29, 1.82) is 0 Å². The zero-order chi connectivity index (χ0) is 17.2. The second-order valence-corrected chi connectivity index (χ2v) is 6.98. The van der Waals surface area contributed by atoms with E-state index in [9.17, 15) is 9.18 Å². The van der Waals surface area contributed by atoms with Crippen molar-refractivity contribution in [3.05, 3.63) is 34.6 Å². The maximum Gasteiger partial charge on any atom is 0.242 e. The predicted molar refractivity (Wildman–Crippen MR) is 105 cm³/mol. The summed E-state index contributed by atoms with van der Waals surface area (Å²) in [5.41, 5.74) is 6.41. The van der Waals surface area contributed by atoms with Gasteiger partial charge in [0.15, 0.2) is 0 Å². The molecule has 2 saturated heterocycles. The van der Waals surface area contributed by atoms with E-state index < -0.39 is 5.54 Å². The fourth-order valence-corrected chi connectivity index (χ4v) is 3.49. The van der Waals surface area contributed by atoms with Gasteiger partial charge in [-0.25, -0.2) is 4.39 Å². The van der Waals surface area contributed by atoms with Crippen LogP contribution in [0.3, 0.4) is 0 Å². The van der Waals surface area contributed by atoms with E-state index in [0.717, 1.165) is 18.7 Å². The van der Waals surface area contributed by atoms with E-state index >= 15 is 0 Å². The highest BCUT2D eigenvalue weighted by atomic mass is 35.5. The Morgan fingerprint density at radius 3 is 2.38 bits per heavy atom. The van der Waals surface area contributed by atoms with E-state index in [0.29, 0.717) is 50.7 Å². The Labute approximate surface area is 170 Å². The van der Waals surface area contributed by atoms with Crippen molar-refractivity contribution in [2.75, 3.05) is 39.4 Å². The molecule has 1 amide bonds. The van der Waals surface area contributed by atoms with Crippen molar-refractivity contribution in [3.63, 3.8) is 0 Å². The molecule has 2 heterocycles. The number of nitrogens with zero attached hydrogens (tertiary/aromatic N) is 2. The normalized spacial score (nSPS) is 20.0. The van der Waals surface area contributed by atoms with Gasteiger partial charge in [-0.2, -0.15) is 0 Å². The number of ether oxygens (including phenoxy) is 1. The lowest BCUT2D eigenvalue weighted by molar-refractivity contribution is -0.142. The molecule has 0 spiro atoms. The van der Waals surface area contributed by atoms with Crippen molar-refractivity contribution < 1.29 is 13.9 Å². The van der Waals surface area contributed by atoms with Crippen LogP contribution in [0.15, 0.2) is 18.2 Å². The molecule has 148 valence electrons. The topological polar surface area (TPSA) is 58.8 Å². The van der Waals surface area contributed by atoms with Crippen LogP contribution in [-0.2, 0) is 16.1 Å². The second kappa shape index (κ2) is 10.1. The summed E-state index contributed by atoms with van der Waals surface area (Å²) in [6.45, 7) is 4.56. The second-order valence-electron chi connectivity index (χ2n) is 6.57. The highest BCUT2D eigenvalue weighted by molar-refractivity contribution is 6.31. The molecular formula is C17H25Cl3FN3O2. The summed E-state index contributed by atoms with van der Waals surface area (Å²) in [6.07, 6.45) is 1.16. The summed E-state index contributed by atoms with van der Waals surface area (Å²) in [5.74, 6) is -0.297. The molecule has 0 radical (unpaired) electrons. The van der Waals surface area contributed by atoms with Crippen LogP contribution < -0.4 is 5.73 Å². The molecule has 0 atom stereocenters. The fraction of sp³-hybridized carbons (Fsp3) is 0.588. The van der Waals surface area contributed by atoms with Crippen LogP contribution in [0.1, 0.15) is 18.4 Å². The Morgan fingerprint density at radius 2 is 1.81 bits per heavy atom. The van der Waals surface area contributed by atoms with Crippen molar-refractivity contribution in [3.8, 4) is 0 Å². The third-order valence-corrected chi connectivity index (χ3v) is 5.23. The standard InChI is InChI=1S/C17H23ClFN3O2.2ClH/c18-15-11-14(19)2-1-13(15)12-21-5-7-22(8-6-21)16(23)17(20)3-9-24-10-4-17;;/h1-2,11H,3-10,12,20H2;2*1H. The number of piperazine rings is 1. The van der Waals surface area contributed by atoms with E-state index in [4.69, 9.17) is 22.1 Å². The Bertz CT molecular complexity index is 607. The number of rotatable bonds is 3. The van der Waals surface area contributed by atoms with Crippen molar-refractivity contribution in [1.82, 2.24) is 9.80 Å². The molecule has 0 aliphatic carbocycles. The van der Waals surface area contributed by atoms with Crippen LogP contribution in [-0.4, -0.2) is 60.6 Å². The van der Waals surface area contributed by atoms with Gasteiger partial charge in [0.25, 0.3) is 0 Å². The number of hydrogen-bond acceptors (Lipinski definition) is 4. The first-order valence-electron chi connectivity index (χ1n) is 8.30. The largest absolute Gasteiger partial charge is 0.381 e. The van der Waals surface area contributed by atoms with Gasteiger partial charge in [-0.15, -0.1) is 24.8 Å². The summed E-state index contributed by atoms with van der Waals surface area (Å²) >= 11 is 6.09. The van der Waals surface area contributed by atoms with Crippen molar-refractivity contribution in [2.45, 2.75) is 24.9 Å². The van der Waals surface area contributed by atoms with Crippen LogP contribution in [0.25, 0.3) is 0 Å². The summed E-state index contributed by atoms with van der Waals surface area (Å²) in [5, 5.41) is 0.441. The van der Waals surface area contributed by atoms with Crippen LogP contribution in [0, 0.1) is 5.82 Å². The molecule has 0 bridgehead atoms. The molecule has 26 heavy (non-hydrogen) atoms. The van der Waals surface area contributed by atoms with Crippen molar-refractivity contribution >= 4 is 42.3 Å². The van der Waals surface area contributed by atoms with Gasteiger partial charge < -0.3 is 15.4 Å². The van der Waals surface area contributed by atoms with Gasteiger partial charge in [0.05, 0.1) is 5.54 Å². The molecule has 2 fully saturated rings. The van der Waals surface area contributed by atoms with E-state index in [2.05, 4.69) is 4.90 Å². The molecule has 1 aromatic carbocycles. The van der Waals surface area contributed by atoms with Crippen LogP contribution in [0.2, 0.25) is 5.02 Å². The van der Waals surface area contributed by atoms with Gasteiger partial charge >= 0.3 is 0 Å². The molecule has 1 aromatic rings. The molecule has 2 N–H and O–H groups in total. The van der Waals surface area contributed by atoms with Gasteiger partial charge in [-0.05, 0) is 30.5 Å². The smallest absolute Gasteiger partial charge is 0.242 e. The molecule has 2 aliphatic heterocycles. The fourth-order valence-electron chi connectivity index (χ4n) is 3.26. The highest BCUT2D eigenvalue weighted by Gasteiger charge is 2.39. The number of nitrogens with two attached hydrogens (primary N) is 1. The van der Waals surface area contributed by atoms with Crippen LogP contribution >= 0.6 is 36.4 Å². The number of benzene rings is 1. The van der Waals surface area contributed by atoms with Gasteiger partial charge in [0.1, 0.15) is 5.82 Å². The Hall–Kier alpha value is -0.630. The van der Waals surface area contributed by atoms with Gasteiger partial charge in [-0.1, -0.05) is 17.7 Å². The third kappa shape index (κ3) is 5.44. The number of halogens is 4. The maximum atomic E-state index is 13.1. The molecule has 9 heteroatoms. The lowest BCUT2D eigenvalue weighted by Gasteiger charge is -2.41. The number of amides is 1. The first kappa shape index (κ1) is 23.4. The third-order valence-electron chi connectivity index (χ3n) is 4.88. The average Bonchev–Trinajstić information content (AvgIpc) is 2.58. The molecule has 2 aliphatic rings. The summed E-state index contributed by atoms with van der Waals surface area (Å²) in [6, 6.07) is 4.47. The Kier molecular flexibility index (Phi) is 9.06. The Balaban J connectivity index is 0.00000169. The first-order chi connectivity index (χ1) is 11.5. The minimum absolute atomic E-state index is 0. The maximum absolute atomic E-state index is 13.1. The number of carbonyl (C=O) groups is 1. The zero-order valence-corrected chi connectivity index (χ0v) is 16.8. The zero-order valence-electron chi connectivity index (χ0n) is 14.5. The van der Waals surface area contributed by atoms with E-state index in [-0.39, 0.29) is 36.5 Å². The summed E-state index contributed by atoms with van der Waals surface area (Å²) in [4.78, 5) is 16.8. The van der Waals surface area contributed by atoms with Crippen molar-refractivity contribution in [2.24, 2.45) is 5.73 Å². The van der Waals surface area contributed by atoms with E-state index in [1.807, 2.05) is 4.90 Å². The molecule has 0 saturated carbocycles. The molecule has 5 nitrogen and oxygen atoms in total. The van der Waals surface area contributed by atoms with Gasteiger partial charge in [0, 0.05) is 51.0 Å². The average molecular weight is 429 g/mol. The molecule has 0 unspecified atom stereocenters. The van der Waals surface area contributed by atoms with Crippen LogP contribution in [0.5, 0.6) is 0 Å². The molecular weight excluding hydrogens is 404 g/mol. The van der Waals surface area contributed by atoms with Gasteiger partial charge in [0.2, 0.25) is 5.91 Å². The lowest BCUT2D eigenvalue weighted by atomic mass is 9.89. The van der Waals surface area contributed by atoms with Gasteiger partial charge in [-0.3, -0.25) is 9.69 Å². The number of carbonyl (C=O) groups excluding carboxylic acids is 1. The highest BCUT2D eigenvalue weighted by Crippen LogP contribution is 2.23. The Morgan fingerprint density at radius 1 is 1.19 bits per heavy atom. The minimum Gasteiger partial charge on any atom is -0.381 e. The SMILES string of the molecule is Cl.Cl.NC1(C(=O)N2CCN(Cc3ccc(F)cc3Cl)CC2)CCOCC1. The van der Waals surface area contributed by atoms with E-state index in [1.165, 1.54) is 12.1 Å². The summed E-state index contributed by atoms with van der Waals surface area (Å²) in [7, 11) is 0.